The van der Waals surface area contributed by atoms with Crippen molar-refractivity contribution in [2.45, 2.75) is 13.2 Å². The van der Waals surface area contributed by atoms with Crippen molar-refractivity contribution in [1.29, 1.82) is 0 Å². The molecule has 0 radical (unpaired) electrons. The number of ether oxygens (including phenoxy) is 1. The Morgan fingerprint density at radius 2 is 1.85 bits per heavy atom. The Kier molecular flexibility index (Phi) is 5.55. The number of para-hydroxylation sites is 1. The molecule has 0 atom stereocenters. The van der Waals surface area contributed by atoms with Crippen LogP contribution in [0.25, 0.3) is 0 Å². The van der Waals surface area contributed by atoms with Crippen molar-refractivity contribution in [3.05, 3.63) is 76.4 Å². The maximum Gasteiger partial charge on any atom is 0.290 e. The van der Waals surface area contributed by atoms with E-state index in [1.54, 1.807) is 17.6 Å². The second-order valence-electron chi connectivity index (χ2n) is 6.52. The van der Waals surface area contributed by atoms with Crippen LogP contribution < -0.4 is 4.74 Å². The average Bonchev–Trinajstić information content (AvgIpc) is 3.39. The molecular weight excluding hydrogens is 360 g/mol. The second kappa shape index (κ2) is 8.41. The van der Waals surface area contributed by atoms with E-state index in [0.29, 0.717) is 25.5 Å². The molecule has 1 aliphatic rings. The minimum absolute atomic E-state index is 0.0533. The SMILES string of the molecule is O=C(c1occc1COc1ccccc1)N1CCN(Cc2cccs2)CC1. The molecule has 0 bridgehead atoms. The van der Waals surface area contributed by atoms with Gasteiger partial charge in [0.15, 0.2) is 5.76 Å². The maximum atomic E-state index is 12.9. The van der Waals surface area contributed by atoms with E-state index in [9.17, 15) is 4.79 Å². The summed E-state index contributed by atoms with van der Waals surface area (Å²) in [6, 6.07) is 15.6. The first-order chi connectivity index (χ1) is 13.3. The Morgan fingerprint density at radius 3 is 2.59 bits per heavy atom. The van der Waals surface area contributed by atoms with E-state index in [1.807, 2.05) is 41.3 Å². The van der Waals surface area contributed by atoms with Gasteiger partial charge in [-0.2, -0.15) is 0 Å². The van der Waals surface area contributed by atoms with Gasteiger partial charge < -0.3 is 14.1 Å². The van der Waals surface area contributed by atoms with Crippen LogP contribution in [0.5, 0.6) is 5.75 Å². The van der Waals surface area contributed by atoms with Crippen LogP contribution in [0.15, 0.2) is 64.6 Å². The smallest absolute Gasteiger partial charge is 0.290 e. The highest BCUT2D eigenvalue weighted by Crippen LogP contribution is 2.19. The quantitative estimate of drug-likeness (QED) is 0.649. The number of amides is 1. The fraction of sp³-hybridized carbons (Fsp3) is 0.286. The number of carbonyl (C=O) groups excluding carboxylic acids is 1. The number of furan rings is 1. The van der Waals surface area contributed by atoms with Crippen LogP contribution in [0.1, 0.15) is 21.0 Å². The van der Waals surface area contributed by atoms with Crippen molar-refractivity contribution >= 4 is 17.2 Å². The molecule has 3 aromatic rings. The standard InChI is InChI=1S/C21H22N2O3S/c24-21(23-11-9-22(10-12-23)15-19-7-4-14-27-19)20-17(8-13-25-20)16-26-18-5-2-1-3-6-18/h1-8,13-14H,9-12,15-16H2. The first kappa shape index (κ1) is 17.8. The lowest BCUT2D eigenvalue weighted by Gasteiger charge is -2.34. The molecule has 1 saturated heterocycles. The Bertz CT molecular complexity index is 853. The monoisotopic (exact) mass is 382 g/mol. The Morgan fingerprint density at radius 1 is 1.04 bits per heavy atom. The third-order valence-corrected chi connectivity index (χ3v) is 5.56. The van der Waals surface area contributed by atoms with Crippen molar-refractivity contribution in [3.8, 4) is 5.75 Å². The summed E-state index contributed by atoms with van der Waals surface area (Å²) in [7, 11) is 0. The zero-order chi connectivity index (χ0) is 18.5. The van der Waals surface area contributed by atoms with Gasteiger partial charge in [0.2, 0.25) is 0 Å². The molecule has 0 unspecified atom stereocenters. The van der Waals surface area contributed by atoms with E-state index in [1.165, 1.54) is 4.88 Å². The number of thiophene rings is 1. The largest absolute Gasteiger partial charge is 0.489 e. The fourth-order valence-corrected chi connectivity index (χ4v) is 3.94. The van der Waals surface area contributed by atoms with Crippen molar-refractivity contribution in [2.75, 3.05) is 26.2 Å². The first-order valence-electron chi connectivity index (χ1n) is 9.08. The van der Waals surface area contributed by atoms with Gasteiger partial charge in [0.25, 0.3) is 5.91 Å². The molecule has 1 aliphatic heterocycles. The van der Waals surface area contributed by atoms with Crippen LogP contribution in [-0.4, -0.2) is 41.9 Å². The molecule has 0 saturated carbocycles. The van der Waals surface area contributed by atoms with E-state index >= 15 is 0 Å². The summed E-state index contributed by atoms with van der Waals surface area (Å²) in [5.41, 5.74) is 0.782. The summed E-state index contributed by atoms with van der Waals surface area (Å²) < 4.78 is 11.3. The second-order valence-corrected chi connectivity index (χ2v) is 7.56. The van der Waals surface area contributed by atoms with E-state index in [4.69, 9.17) is 9.15 Å². The molecule has 5 nitrogen and oxygen atoms in total. The van der Waals surface area contributed by atoms with Crippen LogP contribution in [0.3, 0.4) is 0 Å². The first-order valence-corrected chi connectivity index (χ1v) is 9.96. The third kappa shape index (κ3) is 4.40. The molecule has 0 aliphatic carbocycles. The van der Waals surface area contributed by atoms with Gasteiger partial charge in [-0.1, -0.05) is 24.3 Å². The molecule has 6 heteroatoms. The van der Waals surface area contributed by atoms with Crippen LogP contribution in [-0.2, 0) is 13.2 Å². The number of benzene rings is 1. The highest BCUT2D eigenvalue weighted by Gasteiger charge is 2.26. The summed E-state index contributed by atoms with van der Waals surface area (Å²) in [4.78, 5) is 18.5. The van der Waals surface area contributed by atoms with Gasteiger partial charge in [-0.25, -0.2) is 0 Å². The Hall–Kier alpha value is -2.57. The third-order valence-electron chi connectivity index (χ3n) is 4.70. The zero-order valence-corrected chi connectivity index (χ0v) is 15.9. The lowest BCUT2D eigenvalue weighted by molar-refractivity contribution is 0.0595. The van der Waals surface area contributed by atoms with Crippen LogP contribution in [0.4, 0.5) is 0 Å². The molecule has 2 aromatic heterocycles. The summed E-state index contributed by atoms with van der Waals surface area (Å²) in [6.45, 7) is 4.45. The minimum atomic E-state index is -0.0533. The van der Waals surface area contributed by atoms with E-state index < -0.39 is 0 Å². The molecule has 0 N–H and O–H groups in total. The molecule has 1 fully saturated rings. The van der Waals surface area contributed by atoms with Crippen LogP contribution in [0.2, 0.25) is 0 Å². The van der Waals surface area contributed by atoms with Gasteiger partial charge in [-0.05, 0) is 29.6 Å². The van der Waals surface area contributed by atoms with Crippen LogP contribution in [0, 0.1) is 0 Å². The molecule has 4 rings (SSSR count). The highest BCUT2D eigenvalue weighted by molar-refractivity contribution is 7.09. The highest BCUT2D eigenvalue weighted by atomic mass is 32.1. The van der Waals surface area contributed by atoms with E-state index in [-0.39, 0.29) is 5.91 Å². The lowest BCUT2D eigenvalue weighted by Crippen LogP contribution is -2.48. The van der Waals surface area contributed by atoms with E-state index in [2.05, 4.69) is 22.4 Å². The number of hydrogen-bond acceptors (Lipinski definition) is 5. The lowest BCUT2D eigenvalue weighted by atomic mass is 10.2. The summed E-state index contributed by atoms with van der Waals surface area (Å²) in [6.07, 6.45) is 1.56. The number of rotatable bonds is 6. The fourth-order valence-electron chi connectivity index (χ4n) is 3.19. The van der Waals surface area contributed by atoms with Gasteiger partial charge in [0, 0.05) is 43.2 Å². The van der Waals surface area contributed by atoms with Crippen molar-refractivity contribution < 1.29 is 13.9 Å². The Labute approximate surface area is 162 Å². The normalized spacial score (nSPS) is 15.0. The molecule has 3 heterocycles. The number of hydrogen-bond donors (Lipinski definition) is 0. The van der Waals surface area contributed by atoms with Crippen LogP contribution >= 0.6 is 11.3 Å². The number of carbonyl (C=O) groups is 1. The van der Waals surface area contributed by atoms with Gasteiger partial charge in [-0.3, -0.25) is 9.69 Å². The molecule has 0 spiro atoms. The molecular formula is C21H22N2O3S. The number of piperazine rings is 1. The molecule has 1 aromatic carbocycles. The van der Waals surface area contributed by atoms with Crippen molar-refractivity contribution in [3.63, 3.8) is 0 Å². The predicted molar refractivity (Wildman–Crippen MR) is 105 cm³/mol. The maximum absolute atomic E-state index is 12.9. The summed E-state index contributed by atoms with van der Waals surface area (Å²) >= 11 is 1.78. The van der Waals surface area contributed by atoms with Gasteiger partial charge in [0.05, 0.1) is 6.26 Å². The molecule has 1 amide bonds. The van der Waals surface area contributed by atoms with Gasteiger partial charge in [0.1, 0.15) is 12.4 Å². The van der Waals surface area contributed by atoms with Crippen molar-refractivity contribution in [2.24, 2.45) is 0 Å². The summed E-state index contributed by atoms with van der Waals surface area (Å²) in [5, 5.41) is 2.10. The predicted octanol–water partition coefficient (Wildman–Crippen LogP) is 3.88. The summed E-state index contributed by atoms with van der Waals surface area (Å²) in [5.74, 6) is 1.11. The molecule has 27 heavy (non-hydrogen) atoms. The zero-order valence-electron chi connectivity index (χ0n) is 15.0. The minimum Gasteiger partial charge on any atom is -0.489 e. The van der Waals surface area contributed by atoms with E-state index in [0.717, 1.165) is 30.9 Å². The Balaban J connectivity index is 1.33. The van der Waals surface area contributed by atoms with Crippen molar-refractivity contribution in [1.82, 2.24) is 9.80 Å². The van der Waals surface area contributed by atoms with Gasteiger partial charge >= 0.3 is 0 Å². The average molecular weight is 382 g/mol. The molecule has 140 valence electrons. The topological polar surface area (TPSA) is 45.9 Å². The number of nitrogens with zero attached hydrogens (tertiary/aromatic N) is 2. The van der Waals surface area contributed by atoms with Gasteiger partial charge in [-0.15, -0.1) is 11.3 Å².